The molecule has 1 aromatic heterocycles. The van der Waals surface area contributed by atoms with Crippen LogP contribution in [0.15, 0.2) is 42.6 Å². The van der Waals surface area contributed by atoms with E-state index >= 15 is 0 Å². The van der Waals surface area contributed by atoms with E-state index in [1.807, 2.05) is 0 Å². The summed E-state index contributed by atoms with van der Waals surface area (Å²) in [6, 6.07) is 5.09. The highest BCUT2D eigenvalue weighted by Crippen LogP contribution is 2.26. The third kappa shape index (κ3) is 2.85. The van der Waals surface area contributed by atoms with Gasteiger partial charge in [-0.25, -0.2) is 17.6 Å². The van der Waals surface area contributed by atoms with E-state index in [0.29, 0.717) is 6.07 Å². The number of benzene rings is 2. The van der Waals surface area contributed by atoms with Crippen molar-refractivity contribution in [2.24, 2.45) is 0 Å². The molecular weight excluding hydrogens is 312 g/mol. The molecule has 1 N–H and O–H groups in total. The maximum absolute atomic E-state index is 13.7. The molecule has 2 aromatic carbocycles. The van der Waals surface area contributed by atoms with Crippen molar-refractivity contribution >= 4 is 5.78 Å². The summed E-state index contributed by atoms with van der Waals surface area (Å²) < 4.78 is 53.6. The Morgan fingerprint density at radius 1 is 0.870 bits per heavy atom. The average Bonchev–Trinajstić information content (AvgIpc) is 2.97. The van der Waals surface area contributed by atoms with Crippen molar-refractivity contribution in [1.29, 1.82) is 0 Å². The first-order valence-corrected chi connectivity index (χ1v) is 6.45. The summed E-state index contributed by atoms with van der Waals surface area (Å²) in [6.07, 6.45) is 1.16. The van der Waals surface area contributed by atoms with Gasteiger partial charge in [0.05, 0.1) is 11.1 Å². The summed E-state index contributed by atoms with van der Waals surface area (Å²) in [7, 11) is 0. The lowest BCUT2D eigenvalue weighted by atomic mass is 10.00. The lowest BCUT2D eigenvalue weighted by Crippen LogP contribution is -2.05. The number of nitrogens with zero attached hydrogens (tertiary/aromatic N) is 1. The van der Waals surface area contributed by atoms with Crippen LogP contribution in [0.3, 0.4) is 0 Å². The highest BCUT2D eigenvalue weighted by Gasteiger charge is 2.21. The number of hydrogen-bond donors (Lipinski definition) is 1. The maximum atomic E-state index is 13.7. The van der Waals surface area contributed by atoms with Crippen molar-refractivity contribution < 1.29 is 22.4 Å². The van der Waals surface area contributed by atoms with E-state index in [0.717, 1.165) is 36.5 Å². The van der Waals surface area contributed by atoms with Crippen molar-refractivity contribution in [2.45, 2.75) is 0 Å². The van der Waals surface area contributed by atoms with Crippen LogP contribution in [0.25, 0.3) is 11.3 Å². The second-order valence-corrected chi connectivity index (χ2v) is 4.76. The SMILES string of the molecule is O=C(c1cc(F)ccc1F)c1c[nH]nc1-c1cc(F)cc(F)c1. The lowest BCUT2D eigenvalue weighted by molar-refractivity contribution is 0.103. The fourth-order valence-electron chi connectivity index (χ4n) is 2.19. The molecule has 0 amide bonds. The van der Waals surface area contributed by atoms with Gasteiger partial charge in [-0.15, -0.1) is 0 Å². The van der Waals surface area contributed by atoms with Crippen LogP contribution in [0.4, 0.5) is 17.6 Å². The zero-order valence-electron chi connectivity index (χ0n) is 11.4. The Hall–Kier alpha value is -2.96. The summed E-state index contributed by atoms with van der Waals surface area (Å²) in [4.78, 5) is 12.4. The van der Waals surface area contributed by atoms with Gasteiger partial charge in [-0.05, 0) is 30.3 Å². The van der Waals surface area contributed by atoms with Crippen LogP contribution >= 0.6 is 0 Å². The monoisotopic (exact) mass is 320 g/mol. The zero-order valence-corrected chi connectivity index (χ0v) is 11.4. The number of H-pyrrole nitrogens is 1. The fourth-order valence-corrected chi connectivity index (χ4v) is 2.19. The molecule has 116 valence electrons. The number of nitrogens with one attached hydrogen (secondary N) is 1. The van der Waals surface area contributed by atoms with Crippen LogP contribution in [0, 0.1) is 23.3 Å². The molecule has 0 aliphatic rings. The molecular formula is C16H8F4N2O. The molecule has 0 spiro atoms. The van der Waals surface area contributed by atoms with Gasteiger partial charge >= 0.3 is 0 Å². The predicted molar refractivity (Wildman–Crippen MR) is 73.7 cm³/mol. The van der Waals surface area contributed by atoms with E-state index in [4.69, 9.17) is 0 Å². The number of ketones is 1. The molecule has 3 rings (SSSR count). The molecule has 0 saturated heterocycles. The number of aromatic amines is 1. The standard InChI is InChI=1S/C16H8F4N2O/c17-9-1-2-14(20)12(6-9)16(23)13-7-21-22-15(13)8-3-10(18)5-11(19)4-8/h1-7H,(H,21,22). The Morgan fingerprint density at radius 2 is 1.57 bits per heavy atom. The van der Waals surface area contributed by atoms with Crippen LogP contribution < -0.4 is 0 Å². The first-order chi connectivity index (χ1) is 11.0. The van der Waals surface area contributed by atoms with Crippen molar-refractivity contribution in [3.05, 3.63) is 77.0 Å². The zero-order chi connectivity index (χ0) is 16.6. The largest absolute Gasteiger partial charge is 0.288 e. The molecule has 0 atom stereocenters. The number of rotatable bonds is 3. The maximum Gasteiger partial charge on any atom is 0.199 e. The van der Waals surface area contributed by atoms with Gasteiger partial charge < -0.3 is 0 Å². The van der Waals surface area contributed by atoms with Gasteiger partial charge in [0.25, 0.3) is 0 Å². The molecule has 0 aliphatic carbocycles. The molecule has 7 heteroatoms. The first kappa shape index (κ1) is 15.0. The van der Waals surface area contributed by atoms with Crippen molar-refractivity contribution in [1.82, 2.24) is 10.2 Å². The number of hydrogen-bond acceptors (Lipinski definition) is 2. The van der Waals surface area contributed by atoms with Gasteiger partial charge in [-0.1, -0.05) is 0 Å². The summed E-state index contributed by atoms with van der Waals surface area (Å²) in [5.41, 5.74) is -0.676. The van der Waals surface area contributed by atoms with Crippen molar-refractivity contribution in [3.8, 4) is 11.3 Å². The van der Waals surface area contributed by atoms with Gasteiger partial charge in [0, 0.05) is 17.8 Å². The van der Waals surface area contributed by atoms with Crippen molar-refractivity contribution in [2.75, 3.05) is 0 Å². The molecule has 0 saturated carbocycles. The van der Waals surface area contributed by atoms with Crippen LogP contribution in [0.2, 0.25) is 0 Å². The van der Waals surface area contributed by atoms with E-state index in [1.165, 1.54) is 0 Å². The topological polar surface area (TPSA) is 45.8 Å². The molecule has 0 bridgehead atoms. The highest BCUT2D eigenvalue weighted by molar-refractivity contribution is 6.12. The normalized spacial score (nSPS) is 10.8. The second-order valence-electron chi connectivity index (χ2n) is 4.76. The summed E-state index contributed by atoms with van der Waals surface area (Å²) in [5, 5.41) is 6.16. The Kier molecular flexibility index (Phi) is 3.69. The highest BCUT2D eigenvalue weighted by atomic mass is 19.1. The van der Waals surface area contributed by atoms with Crippen LogP contribution in [-0.4, -0.2) is 16.0 Å². The minimum Gasteiger partial charge on any atom is -0.288 e. The number of carbonyl (C=O) groups is 1. The fraction of sp³-hybridized carbons (Fsp3) is 0. The molecule has 0 aliphatic heterocycles. The van der Waals surface area contributed by atoms with Gasteiger partial charge in [-0.3, -0.25) is 9.89 Å². The van der Waals surface area contributed by atoms with E-state index < -0.39 is 34.6 Å². The molecule has 0 radical (unpaired) electrons. The number of carbonyl (C=O) groups excluding carboxylic acids is 1. The first-order valence-electron chi connectivity index (χ1n) is 6.45. The minimum absolute atomic E-state index is 0.00362. The lowest BCUT2D eigenvalue weighted by Gasteiger charge is -2.04. The Morgan fingerprint density at radius 3 is 2.26 bits per heavy atom. The van der Waals surface area contributed by atoms with E-state index in [1.54, 1.807) is 0 Å². The van der Waals surface area contributed by atoms with Gasteiger partial charge in [-0.2, -0.15) is 5.10 Å². The summed E-state index contributed by atoms with van der Waals surface area (Å²) in [5.74, 6) is -4.24. The predicted octanol–water partition coefficient (Wildman–Crippen LogP) is 3.86. The van der Waals surface area contributed by atoms with Crippen LogP contribution in [0.1, 0.15) is 15.9 Å². The Labute approximate surface area is 127 Å². The van der Waals surface area contributed by atoms with Crippen LogP contribution in [0.5, 0.6) is 0 Å². The van der Waals surface area contributed by atoms with Gasteiger partial charge in [0.15, 0.2) is 5.78 Å². The Balaban J connectivity index is 2.10. The smallest absolute Gasteiger partial charge is 0.199 e. The molecule has 0 fully saturated rings. The van der Waals surface area contributed by atoms with Crippen molar-refractivity contribution in [3.63, 3.8) is 0 Å². The molecule has 0 unspecified atom stereocenters. The van der Waals surface area contributed by atoms with Gasteiger partial charge in [0.1, 0.15) is 29.0 Å². The number of aromatic nitrogens is 2. The summed E-state index contributed by atoms with van der Waals surface area (Å²) >= 11 is 0. The van der Waals surface area contributed by atoms with E-state index in [2.05, 4.69) is 10.2 Å². The molecule has 23 heavy (non-hydrogen) atoms. The van der Waals surface area contributed by atoms with Gasteiger partial charge in [0.2, 0.25) is 0 Å². The minimum atomic E-state index is -0.908. The quantitative estimate of drug-likeness (QED) is 0.588. The van der Waals surface area contributed by atoms with E-state index in [9.17, 15) is 22.4 Å². The number of halogens is 4. The second kappa shape index (κ2) is 5.68. The third-order valence-electron chi connectivity index (χ3n) is 3.19. The van der Waals surface area contributed by atoms with Crippen LogP contribution in [-0.2, 0) is 0 Å². The average molecular weight is 320 g/mol. The van der Waals surface area contributed by atoms with E-state index in [-0.39, 0.29) is 16.8 Å². The summed E-state index contributed by atoms with van der Waals surface area (Å²) in [6.45, 7) is 0. The molecule has 3 aromatic rings. The molecule has 1 heterocycles. The third-order valence-corrected chi connectivity index (χ3v) is 3.19. The molecule has 3 nitrogen and oxygen atoms in total. The Bertz CT molecular complexity index is 885.